The van der Waals surface area contributed by atoms with Gasteiger partial charge in [0.1, 0.15) is 5.60 Å². The van der Waals surface area contributed by atoms with E-state index in [0.717, 1.165) is 12.7 Å². The van der Waals surface area contributed by atoms with Crippen LogP contribution in [0.25, 0.3) is 0 Å². The molecular formula is C21H41BO3. The number of ether oxygens (including phenoxy) is 1. The summed E-state index contributed by atoms with van der Waals surface area (Å²) < 4.78 is 11.1. The summed E-state index contributed by atoms with van der Waals surface area (Å²) in [5.74, 6) is -0.225. The van der Waals surface area contributed by atoms with E-state index in [9.17, 15) is 4.79 Å². The van der Waals surface area contributed by atoms with Crippen molar-refractivity contribution in [2.24, 2.45) is 5.41 Å². The van der Waals surface area contributed by atoms with Gasteiger partial charge in [-0.05, 0) is 59.2 Å². The van der Waals surface area contributed by atoms with Crippen LogP contribution in [-0.4, -0.2) is 24.1 Å². The van der Waals surface area contributed by atoms with Gasteiger partial charge in [-0.25, -0.2) is 0 Å². The fraction of sp³-hybridized carbons (Fsp3) is 0.857. The maximum Gasteiger partial charge on any atom is 0.323 e. The fourth-order valence-electron chi connectivity index (χ4n) is 2.94. The highest BCUT2D eigenvalue weighted by atomic mass is 16.6. The average Bonchev–Trinajstić information content (AvgIpc) is 2.61. The van der Waals surface area contributed by atoms with Crippen molar-refractivity contribution in [3.05, 3.63) is 11.5 Å². The minimum Gasteiger partial charge on any atom is -0.460 e. The SMILES string of the molecule is CC(=O)OC(C)(C)C.CC/C=C(\CCCC)B1CC(C)(C)C(C)(C)O1. The summed E-state index contributed by atoms with van der Waals surface area (Å²) in [5, 5.41) is 0. The molecule has 0 atom stereocenters. The Morgan fingerprint density at radius 3 is 2.04 bits per heavy atom. The molecule has 0 aromatic rings. The molecule has 1 fully saturated rings. The third-order valence-electron chi connectivity index (χ3n) is 4.91. The molecular weight excluding hydrogens is 311 g/mol. The molecule has 0 bridgehead atoms. The molecule has 0 radical (unpaired) electrons. The standard InChI is InChI=1S/C15H29BO.C6H12O2/c1-7-9-11-13(10-8-2)16-12-14(3,4)15(5,6)17-16;1-5(7)8-6(2,3)4/h10H,7-9,11-12H2,1-6H3;1-4H3/b13-10+;. The smallest absolute Gasteiger partial charge is 0.323 e. The van der Waals surface area contributed by atoms with E-state index in [1.54, 1.807) is 0 Å². The van der Waals surface area contributed by atoms with E-state index in [0.29, 0.717) is 6.92 Å². The second kappa shape index (κ2) is 9.80. The summed E-state index contributed by atoms with van der Waals surface area (Å²) in [6, 6.07) is 0. The monoisotopic (exact) mass is 352 g/mol. The molecule has 0 aromatic carbocycles. The first-order valence-electron chi connectivity index (χ1n) is 9.82. The zero-order valence-corrected chi connectivity index (χ0v) is 18.4. The van der Waals surface area contributed by atoms with Gasteiger partial charge < -0.3 is 9.39 Å². The molecule has 1 heterocycles. The lowest BCUT2D eigenvalue weighted by Gasteiger charge is -2.34. The number of allylic oxidation sites excluding steroid dienone is 2. The van der Waals surface area contributed by atoms with Crippen LogP contribution >= 0.6 is 0 Å². The van der Waals surface area contributed by atoms with Gasteiger partial charge in [-0.3, -0.25) is 4.79 Å². The molecule has 0 aliphatic carbocycles. The largest absolute Gasteiger partial charge is 0.460 e. The summed E-state index contributed by atoms with van der Waals surface area (Å²) in [5.41, 5.74) is 1.48. The molecule has 0 amide bonds. The molecule has 3 nitrogen and oxygen atoms in total. The Morgan fingerprint density at radius 2 is 1.76 bits per heavy atom. The van der Waals surface area contributed by atoms with E-state index >= 15 is 0 Å². The number of carbonyl (C=O) groups is 1. The molecule has 0 spiro atoms. The number of unbranched alkanes of at least 4 members (excludes halogenated alkanes) is 1. The Morgan fingerprint density at radius 1 is 1.20 bits per heavy atom. The van der Waals surface area contributed by atoms with Crippen molar-refractivity contribution in [2.45, 2.75) is 112 Å². The molecule has 1 aliphatic heterocycles. The third-order valence-corrected chi connectivity index (χ3v) is 4.91. The lowest BCUT2D eigenvalue weighted by Crippen LogP contribution is -2.34. The van der Waals surface area contributed by atoms with Crippen LogP contribution in [0.1, 0.15) is 94.9 Å². The summed E-state index contributed by atoms with van der Waals surface area (Å²) in [6.07, 6.45) is 8.43. The Labute approximate surface area is 157 Å². The summed E-state index contributed by atoms with van der Waals surface area (Å²) in [4.78, 5) is 10.2. The molecule has 0 aromatic heterocycles. The van der Waals surface area contributed by atoms with E-state index in [4.69, 9.17) is 9.39 Å². The van der Waals surface area contributed by atoms with Gasteiger partial charge >= 0.3 is 12.9 Å². The minimum atomic E-state index is -0.328. The predicted octanol–water partition coefficient (Wildman–Crippen LogP) is 6.23. The molecule has 25 heavy (non-hydrogen) atoms. The van der Waals surface area contributed by atoms with Crippen LogP contribution in [0, 0.1) is 5.41 Å². The quantitative estimate of drug-likeness (QED) is 0.435. The van der Waals surface area contributed by atoms with Crippen molar-refractivity contribution >= 4 is 12.9 Å². The first kappa shape index (κ1) is 24.2. The Balaban J connectivity index is 0.000000609. The minimum absolute atomic E-state index is 0.00326. The molecule has 1 aliphatic rings. The van der Waals surface area contributed by atoms with Crippen LogP contribution in [0.5, 0.6) is 0 Å². The molecule has 146 valence electrons. The number of hydrogen-bond donors (Lipinski definition) is 0. The highest BCUT2D eigenvalue weighted by Crippen LogP contribution is 2.47. The highest BCUT2D eigenvalue weighted by molar-refractivity contribution is 6.61. The van der Waals surface area contributed by atoms with Crippen LogP contribution in [0.3, 0.4) is 0 Å². The number of rotatable bonds is 5. The summed E-state index contributed by atoms with van der Waals surface area (Å²) >= 11 is 0. The van der Waals surface area contributed by atoms with Crippen molar-refractivity contribution < 1.29 is 14.2 Å². The van der Waals surface area contributed by atoms with Gasteiger partial charge in [0.15, 0.2) is 0 Å². The average molecular weight is 352 g/mol. The normalized spacial score (nSPS) is 19.3. The molecule has 0 N–H and O–H groups in total. The van der Waals surface area contributed by atoms with Crippen molar-refractivity contribution in [3.63, 3.8) is 0 Å². The maximum absolute atomic E-state index is 10.2. The second-order valence-corrected chi connectivity index (χ2v) is 9.20. The fourth-order valence-corrected chi connectivity index (χ4v) is 2.94. The van der Waals surface area contributed by atoms with Gasteiger partial charge in [0.05, 0.1) is 5.60 Å². The Bertz CT molecular complexity index is 429. The Hall–Kier alpha value is -0.765. The Kier molecular flexibility index (Phi) is 9.50. The van der Waals surface area contributed by atoms with Crippen LogP contribution in [0.4, 0.5) is 0 Å². The first-order chi connectivity index (χ1) is 11.3. The van der Waals surface area contributed by atoms with Crippen LogP contribution in [0.15, 0.2) is 11.5 Å². The van der Waals surface area contributed by atoms with Crippen LogP contribution in [0.2, 0.25) is 6.32 Å². The number of hydrogen-bond acceptors (Lipinski definition) is 3. The van der Waals surface area contributed by atoms with E-state index in [1.165, 1.54) is 31.7 Å². The maximum atomic E-state index is 10.2. The van der Waals surface area contributed by atoms with Crippen LogP contribution < -0.4 is 0 Å². The van der Waals surface area contributed by atoms with Crippen molar-refractivity contribution in [1.29, 1.82) is 0 Å². The summed E-state index contributed by atoms with van der Waals surface area (Å²) in [6.45, 7) is 20.9. The van der Waals surface area contributed by atoms with E-state index in [2.05, 4.69) is 47.6 Å². The molecule has 1 rings (SSSR count). The number of esters is 1. The lowest BCUT2D eigenvalue weighted by atomic mass is 9.52. The van der Waals surface area contributed by atoms with Crippen molar-refractivity contribution in [3.8, 4) is 0 Å². The third kappa shape index (κ3) is 8.94. The molecule has 0 saturated carbocycles. The predicted molar refractivity (Wildman–Crippen MR) is 109 cm³/mol. The second-order valence-electron chi connectivity index (χ2n) is 9.20. The van der Waals surface area contributed by atoms with E-state index in [1.807, 2.05) is 20.8 Å². The van der Waals surface area contributed by atoms with Gasteiger partial charge in [0.25, 0.3) is 0 Å². The van der Waals surface area contributed by atoms with Gasteiger partial charge in [0, 0.05) is 6.92 Å². The van der Waals surface area contributed by atoms with Crippen molar-refractivity contribution in [1.82, 2.24) is 0 Å². The van der Waals surface area contributed by atoms with Crippen molar-refractivity contribution in [2.75, 3.05) is 0 Å². The zero-order chi connectivity index (χ0) is 19.9. The summed E-state index contributed by atoms with van der Waals surface area (Å²) in [7, 11) is 0. The molecule has 1 saturated heterocycles. The van der Waals surface area contributed by atoms with Gasteiger partial charge in [0.2, 0.25) is 0 Å². The van der Waals surface area contributed by atoms with E-state index < -0.39 is 0 Å². The van der Waals surface area contributed by atoms with Gasteiger partial charge in [-0.1, -0.05) is 52.1 Å². The highest BCUT2D eigenvalue weighted by Gasteiger charge is 2.50. The molecule has 4 heteroatoms. The zero-order valence-electron chi connectivity index (χ0n) is 18.4. The van der Waals surface area contributed by atoms with Gasteiger partial charge in [-0.15, -0.1) is 0 Å². The number of carbonyl (C=O) groups excluding carboxylic acids is 1. The topological polar surface area (TPSA) is 35.5 Å². The van der Waals surface area contributed by atoms with E-state index in [-0.39, 0.29) is 22.6 Å². The lowest BCUT2D eigenvalue weighted by molar-refractivity contribution is -0.151. The first-order valence-corrected chi connectivity index (χ1v) is 9.82. The van der Waals surface area contributed by atoms with Gasteiger partial charge in [-0.2, -0.15) is 0 Å². The van der Waals surface area contributed by atoms with Crippen LogP contribution in [-0.2, 0) is 14.2 Å². The molecule has 0 unspecified atom stereocenters.